The summed E-state index contributed by atoms with van der Waals surface area (Å²) in [4.78, 5) is 4.37. The van der Waals surface area contributed by atoms with Gasteiger partial charge in [0.15, 0.2) is 5.03 Å². The van der Waals surface area contributed by atoms with Gasteiger partial charge in [0.1, 0.15) is 5.82 Å². The second kappa shape index (κ2) is 6.24. The Bertz CT molecular complexity index is 578. The van der Waals surface area contributed by atoms with Crippen LogP contribution in [0.3, 0.4) is 0 Å². The Hall–Kier alpha value is -0.630. The highest BCUT2D eigenvalue weighted by atomic mass is 35.5. The normalized spacial score (nSPS) is 27.0. The number of halogens is 1. The van der Waals surface area contributed by atoms with E-state index in [-0.39, 0.29) is 29.5 Å². The molecule has 2 atom stereocenters. The van der Waals surface area contributed by atoms with E-state index in [4.69, 9.17) is 0 Å². The molecule has 0 saturated carbocycles. The van der Waals surface area contributed by atoms with Gasteiger partial charge in [-0.15, -0.1) is 12.4 Å². The molecule has 8 heteroatoms. The number of aryl methyl sites for hydroxylation is 2. The van der Waals surface area contributed by atoms with E-state index in [1.54, 1.807) is 10.5 Å². The summed E-state index contributed by atoms with van der Waals surface area (Å²) in [5.41, 5.74) is 0. The predicted octanol–water partition coefficient (Wildman–Crippen LogP) is 1.01. The van der Waals surface area contributed by atoms with Crippen LogP contribution in [0.15, 0.2) is 11.2 Å². The van der Waals surface area contributed by atoms with Gasteiger partial charge in [0, 0.05) is 44.3 Å². The van der Waals surface area contributed by atoms with Gasteiger partial charge in [0.25, 0.3) is 10.0 Å². The first kappa shape index (κ1) is 16.7. The van der Waals surface area contributed by atoms with Crippen LogP contribution in [0.1, 0.15) is 32.5 Å². The van der Waals surface area contributed by atoms with Gasteiger partial charge in [-0.3, -0.25) is 0 Å². The quantitative estimate of drug-likeness (QED) is 0.876. The van der Waals surface area contributed by atoms with Crippen molar-refractivity contribution in [2.75, 3.05) is 13.1 Å². The first-order valence-electron chi connectivity index (χ1n) is 7.31. The maximum Gasteiger partial charge on any atom is 0.262 e. The number of hydrogen-bond acceptors (Lipinski definition) is 4. The van der Waals surface area contributed by atoms with E-state index in [0.29, 0.717) is 13.1 Å². The van der Waals surface area contributed by atoms with Crippen molar-refractivity contribution in [3.05, 3.63) is 12.0 Å². The Labute approximate surface area is 132 Å². The van der Waals surface area contributed by atoms with Crippen LogP contribution < -0.4 is 5.32 Å². The number of nitrogens with one attached hydrogen (secondary N) is 1. The summed E-state index contributed by atoms with van der Waals surface area (Å²) in [5.74, 6) is 0.908. The Morgan fingerprint density at radius 1 is 1.29 bits per heavy atom. The molecular formula is C13H23ClN4O2S. The summed E-state index contributed by atoms with van der Waals surface area (Å²) in [6.07, 6.45) is 4.79. The number of nitrogens with zero attached hydrogens (tertiary/aromatic N) is 3. The lowest BCUT2D eigenvalue weighted by atomic mass is 10.1. The van der Waals surface area contributed by atoms with Crippen LogP contribution in [-0.4, -0.2) is 47.4 Å². The van der Waals surface area contributed by atoms with Crippen LogP contribution in [0.25, 0.3) is 0 Å². The lowest BCUT2D eigenvalue weighted by molar-refractivity contribution is 0.232. The molecule has 1 saturated heterocycles. The molecule has 3 rings (SSSR count). The zero-order valence-corrected chi connectivity index (χ0v) is 14.1. The van der Waals surface area contributed by atoms with Gasteiger partial charge in [-0.05, 0) is 26.7 Å². The van der Waals surface area contributed by atoms with Crippen molar-refractivity contribution in [2.24, 2.45) is 0 Å². The molecule has 0 aliphatic carbocycles. The van der Waals surface area contributed by atoms with Gasteiger partial charge in [-0.1, -0.05) is 0 Å². The highest BCUT2D eigenvalue weighted by molar-refractivity contribution is 7.89. The summed E-state index contributed by atoms with van der Waals surface area (Å²) >= 11 is 0. The number of fused-ring (bicyclic) bond motifs is 1. The summed E-state index contributed by atoms with van der Waals surface area (Å²) in [6.45, 7) is 6.05. The van der Waals surface area contributed by atoms with Gasteiger partial charge < -0.3 is 9.88 Å². The molecule has 120 valence electrons. The van der Waals surface area contributed by atoms with Gasteiger partial charge in [0.2, 0.25) is 0 Å². The smallest absolute Gasteiger partial charge is 0.262 e. The largest absolute Gasteiger partial charge is 0.333 e. The molecule has 1 aromatic heterocycles. The first-order valence-corrected chi connectivity index (χ1v) is 8.75. The van der Waals surface area contributed by atoms with E-state index in [9.17, 15) is 8.42 Å². The molecule has 0 spiro atoms. The average molecular weight is 335 g/mol. The first-order chi connectivity index (χ1) is 9.50. The minimum Gasteiger partial charge on any atom is -0.333 e. The van der Waals surface area contributed by atoms with Crippen molar-refractivity contribution >= 4 is 22.4 Å². The van der Waals surface area contributed by atoms with Crippen LogP contribution in [0.5, 0.6) is 0 Å². The number of piperazine rings is 1. The van der Waals surface area contributed by atoms with E-state index in [0.717, 1.165) is 31.6 Å². The molecule has 21 heavy (non-hydrogen) atoms. The van der Waals surface area contributed by atoms with Crippen molar-refractivity contribution in [3.8, 4) is 0 Å². The molecule has 0 aromatic carbocycles. The van der Waals surface area contributed by atoms with E-state index in [2.05, 4.69) is 10.3 Å². The van der Waals surface area contributed by atoms with Crippen molar-refractivity contribution in [3.63, 3.8) is 0 Å². The number of aromatic nitrogens is 2. The second-order valence-electron chi connectivity index (χ2n) is 5.75. The number of hydrogen-bond donors (Lipinski definition) is 1. The highest BCUT2D eigenvalue weighted by Gasteiger charge is 2.36. The monoisotopic (exact) mass is 334 g/mol. The van der Waals surface area contributed by atoms with Gasteiger partial charge in [-0.25, -0.2) is 13.4 Å². The highest BCUT2D eigenvalue weighted by Crippen LogP contribution is 2.23. The fourth-order valence-corrected chi connectivity index (χ4v) is 4.67. The van der Waals surface area contributed by atoms with Crippen LogP contribution in [0, 0.1) is 0 Å². The van der Waals surface area contributed by atoms with Crippen LogP contribution in [0.2, 0.25) is 0 Å². The molecule has 3 heterocycles. The molecular weight excluding hydrogens is 312 g/mol. The van der Waals surface area contributed by atoms with Gasteiger partial charge >= 0.3 is 0 Å². The Kier molecular flexibility index (Phi) is 4.97. The summed E-state index contributed by atoms with van der Waals surface area (Å²) in [6, 6.07) is 0.114. The topological polar surface area (TPSA) is 67.2 Å². The number of sulfonamides is 1. The minimum atomic E-state index is -3.48. The molecule has 0 amide bonds. The maximum atomic E-state index is 12.8. The molecule has 2 unspecified atom stereocenters. The van der Waals surface area contributed by atoms with Crippen molar-refractivity contribution in [1.82, 2.24) is 19.2 Å². The van der Waals surface area contributed by atoms with Crippen molar-refractivity contribution < 1.29 is 8.42 Å². The van der Waals surface area contributed by atoms with Crippen molar-refractivity contribution in [2.45, 2.75) is 56.8 Å². The van der Waals surface area contributed by atoms with Crippen LogP contribution in [0.4, 0.5) is 0 Å². The lowest BCUT2D eigenvalue weighted by Crippen LogP contribution is -2.57. The second-order valence-corrected chi connectivity index (χ2v) is 7.58. The third kappa shape index (κ3) is 2.97. The molecule has 6 nitrogen and oxygen atoms in total. The zero-order valence-electron chi connectivity index (χ0n) is 12.4. The zero-order chi connectivity index (χ0) is 14.3. The van der Waals surface area contributed by atoms with Gasteiger partial charge in [-0.2, -0.15) is 4.31 Å². The third-order valence-corrected chi connectivity index (χ3v) is 6.29. The van der Waals surface area contributed by atoms with Crippen LogP contribution >= 0.6 is 12.4 Å². The summed E-state index contributed by atoms with van der Waals surface area (Å²) in [5, 5.41) is 3.52. The Balaban J connectivity index is 0.00000161. The number of imidazole rings is 1. The van der Waals surface area contributed by atoms with E-state index in [1.807, 2.05) is 18.4 Å². The molecule has 0 radical (unpaired) electrons. The fourth-order valence-electron chi connectivity index (χ4n) is 3.00. The van der Waals surface area contributed by atoms with E-state index in [1.165, 1.54) is 0 Å². The van der Waals surface area contributed by atoms with Crippen LogP contribution in [-0.2, 0) is 23.0 Å². The van der Waals surface area contributed by atoms with E-state index < -0.39 is 10.0 Å². The molecule has 0 bridgehead atoms. The SMILES string of the molecule is CC1NCCN(S(=O)(=O)c2cn3c(n2)CCCC3)C1C.Cl. The van der Waals surface area contributed by atoms with E-state index >= 15 is 0 Å². The molecule has 1 fully saturated rings. The third-order valence-electron chi connectivity index (χ3n) is 4.44. The lowest BCUT2D eigenvalue weighted by Gasteiger charge is -2.36. The predicted molar refractivity (Wildman–Crippen MR) is 83.2 cm³/mol. The molecule has 2 aliphatic heterocycles. The summed E-state index contributed by atoms with van der Waals surface area (Å²) in [7, 11) is -3.48. The molecule has 2 aliphatic rings. The minimum absolute atomic E-state index is 0. The summed E-state index contributed by atoms with van der Waals surface area (Å²) < 4.78 is 29.1. The average Bonchev–Trinajstić information content (AvgIpc) is 2.86. The maximum absolute atomic E-state index is 12.8. The Morgan fingerprint density at radius 3 is 2.76 bits per heavy atom. The molecule has 1 aromatic rings. The standard InChI is InChI=1S/C13H22N4O2S.ClH/c1-10-11(2)17(8-6-14-10)20(18,19)13-9-16-7-4-3-5-12(16)15-13;/h9-11,14H,3-8H2,1-2H3;1H. The number of rotatable bonds is 2. The molecule has 1 N–H and O–H groups in total. The van der Waals surface area contributed by atoms with Crippen molar-refractivity contribution in [1.29, 1.82) is 0 Å². The Morgan fingerprint density at radius 2 is 2.05 bits per heavy atom. The van der Waals surface area contributed by atoms with Gasteiger partial charge in [0.05, 0.1) is 0 Å². The fraction of sp³-hybridized carbons (Fsp3) is 0.769.